The van der Waals surface area contributed by atoms with Crippen LogP contribution in [-0.4, -0.2) is 36.7 Å². The van der Waals surface area contributed by atoms with E-state index < -0.39 is 0 Å². The Hall–Kier alpha value is -2.24. The van der Waals surface area contributed by atoms with Gasteiger partial charge in [-0.2, -0.15) is 0 Å². The number of urea groups is 1. The molecule has 0 fully saturated rings. The van der Waals surface area contributed by atoms with E-state index in [-0.39, 0.29) is 23.7 Å². The smallest absolute Gasteiger partial charge is 0.315 e. The number of rotatable bonds is 20. The quantitative estimate of drug-likeness (QED) is 0.169. The summed E-state index contributed by atoms with van der Waals surface area (Å²) in [5.41, 5.74) is 1.10. The standard InChI is InChI=1S/C28H49N3O3/c1-3-4-5-9-12-15-25(16-13-10-7-6-8-11-14-17-27(33)29-2)31-28(34)30-23-22-24-18-20-26(32)21-19-24/h18-21,25,32H,3-17,22-23H2,1-2H3,(H,29,33)(H2,30,31,34). The highest BCUT2D eigenvalue weighted by molar-refractivity contribution is 5.75. The van der Waals surface area contributed by atoms with Crippen LogP contribution in [0.3, 0.4) is 0 Å². The number of hydrogen-bond acceptors (Lipinski definition) is 3. The first kappa shape index (κ1) is 29.8. The van der Waals surface area contributed by atoms with Gasteiger partial charge >= 0.3 is 6.03 Å². The number of benzene rings is 1. The van der Waals surface area contributed by atoms with E-state index in [1.54, 1.807) is 19.2 Å². The maximum Gasteiger partial charge on any atom is 0.315 e. The Morgan fingerprint density at radius 1 is 0.824 bits per heavy atom. The molecule has 194 valence electrons. The SMILES string of the molecule is CCCCCCCC(CCCCCCCCCC(=O)NC)NC(=O)NCCc1ccc(O)cc1. The van der Waals surface area contributed by atoms with Crippen LogP contribution in [0.25, 0.3) is 0 Å². The van der Waals surface area contributed by atoms with E-state index in [1.165, 1.54) is 57.8 Å². The van der Waals surface area contributed by atoms with Gasteiger partial charge in [0.2, 0.25) is 5.91 Å². The summed E-state index contributed by atoms with van der Waals surface area (Å²) in [5, 5.41) is 18.2. The third kappa shape index (κ3) is 16.4. The molecule has 6 nitrogen and oxygen atoms in total. The van der Waals surface area contributed by atoms with Gasteiger partial charge in [-0.05, 0) is 43.4 Å². The average molecular weight is 476 g/mol. The number of nitrogens with one attached hydrogen (secondary N) is 3. The zero-order valence-electron chi connectivity index (χ0n) is 21.7. The zero-order chi connectivity index (χ0) is 24.9. The predicted molar refractivity (Wildman–Crippen MR) is 141 cm³/mol. The first-order valence-corrected chi connectivity index (χ1v) is 13.6. The highest BCUT2D eigenvalue weighted by atomic mass is 16.3. The fourth-order valence-electron chi connectivity index (χ4n) is 4.19. The third-order valence-corrected chi connectivity index (χ3v) is 6.36. The van der Waals surface area contributed by atoms with Crippen molar-refractivity contribution in [1.29, 1.82) is 0 Å². The van der Waals surface area contributed by atoms with E-state index in [4.69, 9.17) is 0 Å². The number of unbranched alkanes of at least 4 members (excludes halogenated alkanes) is 10. The molecule has 0 aliphatic carbocycles. The highest BCUT2D eigenvalue weighted by Crippen LogP contribution is 2.15. The van der Waals surface area contributed by atoms with E-state index >= 15 is 0 Å². The van der Waals surface area contributed by atoms with Crippen LogP contribution in [-0.2, 0) is 11.2 Å². The number of phenolic OH excluding ortho intramolecular Hbond substituents is 1. The van der Waals surface area contributed by atoms with Crippen LogP contribution in [0.15, 0.2) is 24.3 Å². The van der Waals surface area contributed by atoms with Crippen molar-refractivity contribution in [2.24, 2.45) is 0 Å². The summed E-state index contributed by atoms with van der Waals surface area (Å²) in [7, 11) is 1.69. The molecule has 0 heterocycles. The summed E-state index contributed by atoms with van der Waals surface area (Å²) in [5.74, 6) is 0.398. The summed E-state index contributed by atoms with van der Waals surface area (Å²) >= 11 is 0. The van der Waals surface area contributed by atoms with Gasteiger partial charge < -0.3 is 21.1 Å². The molecule has 1 unspecified atom stereocenters. The fraction of sp³-hybridized carbons (Fsp3) is 0.714. The molecule has 34 heavy (non-hydrogen) atoms. The molecule has 0 bridgehead atoms. The summed E-state index contributed by atoms with van der Waals surface area (Å²) in [6, 6.07) is 7.28. The molecule has 0 radical (unpaired) electrons. The van der Waals surface area contributed by atoms with Gasteiger partial charge in [0.15, 0.2) is 0 Å². The summed E-state index contributed by atoms with van der Waals surface area (Å²) in [6.45, 7) is 2.81. The van der Waals surface area contributed by atoms with Gasteiger partial charge in [0.25, 0.3) is 0 Å². The predicted octanol–water partition coefficient (Wildman–Crippen LogP) is 6.22. The van der Waals surface area contributed by atoms with Crippen LogP contribution >= 0.6 is 0 Å². The number of phenols is 1. The Labute approximate surface area is 207 Å². The lowest BCUT2D eigenvalue weighted by Crippen LogP contribution is -2.42. The average Bonchev–Trinajstić information content (AvgIpc) is 2.83. The third-order valence-electron chi connectivity index (χ3n) is 6.36. The van der Waals surface area contributed by atoms with Gasteiger partial charge in [-0.15, -0.1) is 0 Å². The number of amides is 3. The monoisotopic (exact) mass is 475 g/mol. The van der Waals surface area contributed by atoms with Crippen molar-refractivity contribution in [2.75, 3.05) is 13.6 Å². The van der Waals surface area contributed by atoms with Crippen molar-refractivity contribution in [1.82, 2.24) is 16.0 Å². The van der Waals surface area contributed by atoms with Crippen molar-refractivity contribution < 1.29 is 14.7 Å². The van der Waals surface area contributed by atoms with Crippen LogP contribution in [0, 0.1) is 0 Å². The molecule has 0 aliphatic heterocycles. The summed E-state index contributed by atoms with van der Waals surface area (Å²) in [4.78, 5) is 23.7. The Morgan fingerprint density at radius 2 is 1.38 bits per heavy atom. The maximum atomic E-state index is 12.4. The second-order valence-corrected chi connectivity index (χ2v) is 9.40. The number of hydrogen-bond donors (Lipinski definition) is 4. The van der Waals surface area contributed by atoms with Crippen molar-refractivity contribution in [3.05, 3.63) is 29.8 Å². The molecule has 0 aromatic heterocycles. The second-order valence-electron chi connectivity index (χ2n) is 9.40. The molecule has 4 N–H and O–H groups in total. The van der Waals surface area contributed by atoms with Crippen molar-refractivity contribution in [2.45, 2.75) is 116 Å². The Kier molecular flexibility index (Phi) is 17.7. The number of carbonyl (C=O) groups is 2. The van der Waals surface area contributed by atoms with Gasteiger partial charge in [-0.25, -0.2) is 4.79 Å². The molecule has 1 aromatic rings. The van der Waals surface area contributed by atoms with Gasteiger partial charge in [0, 0.05) is 26.1 Å². The van der Waals surface area contributed by atoms with Crippen molar-refractivity contribution in [3.63, 3.8) is 0 Å². The maximum absolute atomic E-state index is 12.4. The summed E-state index contributed by atoms with van der Waals surface area (Å²) in [6.07, 6.45) is 17.8. The molecule has 1 rings (SSSR count). The van der Waals surface area contributed by atoms with Crippen LogP contribution in [0.2, 0.25) is 0 Å². The van der Waals surface area contributed by atoms with Crippen molar-refractivity contribution >= 4 is 11.9 Å². The zero-order valence-corrected chi connectivity index (χ0v) is 21.7. The van der Waals surface area contributed by atoms with Crippen LogP contribution in [0.4, 0.5) is 4.79 Å². The molecule has 6 heteroatoms. The van der Waals surface area contributed by atoms with E-state index in [2.05, 4.69) is 22.9 Å². The topological polar surface area (TPSA) is 90.5 Å². The molecule has 3 amide bonds. The second kappa shape index (κ2) is 20.2. The largest absolute Gasteiger partial charge is 0.508 e. The minimum Gasteiger partial charge on any atom is -0.508 e. The van der Waals surface area contributed by atoms with Gasteiger partial charge in [0.1, 0.15) is 5.75 Å². The minimum atomic E-state index is -0.0755. The van der Waals surface area contributed by atoms with E-state index in [9.17, 15) is 14.7 Å². The first-order valence-electron chi connectivity index (χ1n) is 13.6. The van der Waals surface area contributed by atoms with Crippen LogP contribution in [0.1, 0.15) is 109 Å². The Bertz CT molecular complexity index is 649. The molecular weight excluding hydrogens is 426 g/mol. The first-order chi connectivity index (χ1) is 16.5. The lowest BCUT2D eigenvalue weighted by atomic mass is 10.00. The van der Waals surface area contributed by atoms with Crippen LogP contribution < -0.4 is 16.0 Å². The van der Waals surface area contributed by atoms with Gasteiger partial charge in [-0.3, -0.25) is 4.79 Å². The molecule has 1 aromatic carbocycles. The number of carbonyl (C=O) groups excluding carboxylic acids is 2. The normalized spacial score (nSPS) is 11.7. The molecule has 0 saturated heterocycles. The number of aromatic hydroxyl groups is 1. The Balaban J connectivity index is 2.24. The molecule has 1 atom stereocenters. The lowest BCUT2D eigenvalue weighted by Gasteiger charge is -2.19. The highest BCUT2D eigenvalue weighted by Gasteiger charge is 2.12. The molecule has 0 spiro atoms. The van der Waals surface area contributed by atoms with Gasteiger partial charge in [-0.1, -0.05) is 89.7 Å². The van der Waals surface area contributed by atoms with Crippen LogP contribution in [0.5, 0.6) is 5.75 Å². The Morgan fingerprint density at radius 3 is 1.97 bits per heavy atom. The lowest BCUT2D eigenvalue weighted by molar-refractivity contribution is -0.120. The van der Waals surface area contributed by atoms with Gasteiger partial charge in [0.05, 0.1) is 0 Å². The van der Waals surface area contributed by atoms with E-state index in [1.807, 2.05) is 12.1 Å². The molecular formula is C28H49N3O3. The fourth-order valence-corrected chi connectivity index (χ4v) is 4.19. The minimum absolute atomic E-state index is 0.0755. The molecule has 0 aliphatic rings. The van der Waals surface area contributed by atoms with E-state index in [0.29, 0.717) is 13.0 Å². The van der Waals surface area contributed by atoms with E-state index in [0.717, 1.165) is 44.1 Å². The molecule has 0 saturated carbocycles. The summed E-state index contributed by atoms with van der Waals surface area (Å²) < 4.78 is 0. The van der Waals surface area contributed by atoms with Crippen molar-refractivity contribution in [3.8, 4) is 5.75 Å².